The van der Waals surface area contributed by atoms with Crippen molar-refractivity contribution in [2.24, 2.45) is 0 Å². The van der Waals surface area contributed by atoms with Crippen LogP contribution in [0.3, 0.4) is 0 Å². The van der Waals surface area contributed by atoms with Crippen molar-refractivity contribution in [2.75, 3.05) is 23.4 Å². The summed E-state index contributed by atoms with van der Waals surface area (Å²) in [6, 6.07) is 13.9. The van der Waals surface area contributed by atoms with Crippen LogP contribution in [-0.2, 0) is 11.3 Å². The van der Waals surface area contributed by atoms with Gasteiger partial charge in [-0.25, -0.2) is 4.98 Å². The molecule has 9 heteroatoms. The molecular weight excluding hydrogens is 442 g/mol. The first-order chi connectivity index (χ1) is 15.7. The first-order valence-electron chi connectivity index (χ1n) is 10.4. The highest BCUT2D eigenvalue weighted by atomic mass is 32.2. The van der Waals surface area contributed by atoms with Gasteiger partial charge in [0.1, 0.15) is 11.4 Å². The third-order valence-corrected chi connectivity index (χ3v) is 8.02. The van der Waals surface area contributed by atoms with Crippen molar-refractivity contribution in [3.63, 3.8) is 0 Å². The van der Waals surface area contributed by atoms with Gasteiger partial charge in [0, 0.05) is 18.6 Å². The maximum absolute atomic E-state index is 12.3. The molecule has 1 aromatic carbocycles. The molecule has 0 atom stereocenters. The average molecular weight is 466 g/mol. The molecule has 1 aliphatic heterocycles. The summed E-state index contributed by atoms with van der Waals surface area (Å²) in [5.41, 5.74) is 3.72. The number of amides is 1. The quantitative estimate of drug-likeness (QED) is 0.434. The minimum absolute atomic E-state index is 0.0517. The summed E-state index contributed by atoms with van der Waals surface area (Å²) in [4.78, 5) is 16.9. The van der Waals surface area contributed by atoms with Crippen molar-refractivity contribution in [2.45, 2.75) is 17.5 Å². The van der Waals surface area contributed by atoms with Crippen LogP contribution < -0.4 is 10.1 Å². The van der Waals surface area contributed by atoms with E-state index in [9.17, 15) is 4.79 Å². The fourth-order valence-corrected chi connectivity index (χ4v) is 6.39. The van der Waals surface area contributed by atoms with E-state index in [1.54, 1.807) is 17.1 Å². The Labute approximate surface area is 194 Å². The van der Waals surface area contributed by atoms with Crippen LogP contribution in [0.5, 0.6) is 5.75 Å². The molecule has 1 saturated heterocycles. The molecule has 164 valence electrons. The lowest BCUT2D eigenvalue weighted by Gasteiger charge is -2.21. The summed E-state index contributed by atoms with van der Waals surface area (Å²) in [6.07, 6.45) is 8.63. The number of benzene rings is 1. The number of fused-ring (bicyclic) bond motifs is 1. The molecule has 1 amide bonds. The Balaban J connectivity index is 1.12. The maximum atomic E-state index is 12.3. The molecule has 0 spiro atoms. The number of imidazole rings is 1. The largest absolute Gasteiger partial charge is 0.484 e. The summed E-state index contributed by atoms with van der Waals surface area (Å²) in [5, 5.41) is 7.14. The molecule has 0 saturated carbocycles. The molecule has 0 unspecified atom stereocenters. The Morgan fingerprint density at radius 3 is 2.78 bits per heavy atom. The third-order valence-electron chi connectivity index (χ3n) is 5.00. The Bertz CT molecular complexity index is 1170. The molecule has 5 rings (SSSR count). The molecule has 0 aliphatic carbocycles. The van der Waals surface area contributed by atoms with E-state index in [0.29, 0.717) is 22.6 Å². The van der Waals surface area contributed by atoms with E-state index < -0.39 is 0 Å². The van der Waals surface area contributed by atoms with Crippen LogP contribution in [0.2, 0.25) is 0 Å². The number of ether oxygens (including phenoxy) is 1. The monoisotopic (exact) mass is 465 g/mol. The van der Waals surface area contributed by atoms with Gasteiger partial charge in [0.2, 0.25) is 0 Å². The van der Waals surface area contributed by atoms with Crippen LogP contribution in [0.15, 0.2) is 67.3 Å². The number of aromatic nitrogens is 4. The van der Waals surface area contributed by atoms with Gasteiger partial charge in [-0.15, -0.1) is 23.5 Å². The second kappa shape index (κ2) is 9.70. The molecule has 4 heterocycles. The fraction of sp³-hybridized carbons (Fsp3) is 0.261. The SMILES string of the molecule is O=C(COc1ccc(C2SCCCS2)cc1)Nc1cnn(Cc2cn3ccccc3n2)c1. The number of hydrogen-bond donors (Lipinski definition) is 1. The highest BCUT2D eigenvalue weighted by Crippen LogP contribution is 2.43. The Morgan fingerprint density at radius 2 is 1.97 bits per heavy atom. The number of carbonyl (C=O) groups excluding carboxylic acids is 1. The van der Waals surface area contributed by atoms with Gasteiger partial charge in [-0.2, -0.15) is 5.10 Å². The van der Waals surface area contributed by atoms with E-state index in [4.69, 9.17) is 4.74 Å². The molecule has 1 fully saturated rings. The highest BCUT2D eigenvalue weighted by Gasteiger charge is 2.16. The minimum Gasteiger partial charge on any atom is -0.484 e. The number of anilines is 1. The zero-order valence-corrected chi connectivity index (χ0v) is 19.0. The lowest BCUT2D eigenvalue weighted by Crippen LogP contribution is -2.19. The van der Waals surface area contributed by atoms with Crippen LogP contribution in [-0.4, -0.2) is 43.2 Å². The highest BCUT2D eigenvalue weighted by molar-refractivity contribution is 8.16. The molecule has 0 radical (unpaired) electrons. The first-order valence-corrected chi connectivity index (χ1v) is 12.5. The molecule has 0 bridgehead atoms. The predicted molar refractivity (Wildman–Crippen MR) is 129 cm³/mol. The van der Waals surface area contributed by atoms with Crippen molar-refractivity contribution in [1.82, 2.24) is 19.2 Å². The van der Waals surface area contributed by atoms with E-state index in [2.05, 4.69) is 27.5 Å². The van der Waals surface area contributed by atoms with Crippen molar-refractivity contribution < 1.29 is 9.53 Å². The van der Waals surface area contributed by atoms with Crippen molar-refractivity contribution >= 4 is 40.8 Å². The van der Waals surface area contributed by atoms with Gasteiger partial charge in [0.15, 0.2) is 6.61 Å². The van der Waals surface area contributed by atoms with Crippen LogP contribution in [0.25, 0.3) is 5.65 Å². The first kappa shape index (κ1) is 21.0. The van der Waals surface area contributed by atoms with Crippen LogP contribution in [0.4, 0.5) is 5.69 Å². The summed E-state index contributed by atoms with van der Waals surface area (Å²) < 4.78 is 9.87. The van der Waals surface area contributed by atoms with E-state index in [1.165, 1.54) is 23.5 Å². The van der Waals surface area contributed by atoms with E-state index in [1.807, 2.05) is 70.6 Å². The van der Waals surface area contributed by atoms with Crippen molar-refractivity contribution in [1.29, 1.82) is 0 Å². The van der Waals surface area contributed by atoms with Crippen LogP contribution in [0, 0.1) is 0 Å². The average Bonchev–Trinajstić information content (AvgIpc) is 3.44. The second-order valence-electron chi connectivity index (χ2n) is 7.46. The topological polar surface area (TPSA) is 73.5 Å². The van der Waals surface area contributed by atoms with Crippen LogP contribution in [0.1, 0.15) is 22.3 Å². The Hall–Kier alpha value is -2.91. The molecule has 1 aliphatic rings. The zero-order valence-electron chi connectivity index (χ0n) is 17.4. The molecule has 1 N–H and O–H groups in total. The van der Waals surface area contributed by atoms with Gasteiger partial charge in [0.25, 0.3) is 5.91 Å². The van der Waals surface area contributed by atoms with Gasteiger partial charge >= 0.3 is 0 Å². The Morgan fingerprint density at radius 1 is 1.12 bits per heavy atom. The van der Waals surface area contributed by atoms with Gasteiger partial charge in [-0.3, -0.25) is 9.48 Å². The summed E-state index contributed by atoms with van der Waals surface area (Å²) in [7, 11) is 0. The number of rotatable bonds is 7. The molecule has 7 nitrogen and oxygen atoms in total. The van der Waals surface area contributed by atoms with Crippen molar-refractivity contribution in [3.05, 3.63) is 78.5 Å². The molecular formula is C23H23N5O2S2. The smallest absolute Gasteiger partial charge is 0.262 e. The lowest BCUT2D eigenvalue weighted by atomic mass is 10.2. The van der Waals surface area contributed by atoms with E-state index in [-0.39, 0.29) is 12.5 Å². The normalized spacial score (nSPS) is 14.5. The Kier molecular flexibility index (Phi) is 6.36. The van der Waals surface area contributed by atoms with E-state index in [0.717, 1.165) is 11.3 Å². The number of nitrogens with one attached hydrogen (secondary N) is 1. The van der Waals surface area contributed by atoms with Crippen LogP contribution >= 0.6 is 23.5 Å². The minimum atomic E-state index is -0.222. The fourth-order valence-electron chi connectivity index (χ4n) is 3.49. The second-order valence-corrected chi connectivity index (χ2v) is 10.2. The number of thioether (sulfide) groups is 2. The summed E-state index contributed by atoms with van der Waals surface area (Å²) in [5.74, 6) is 2.90. The zero-order chi connectivity index (χ0) is 21.8. The third kappa shape index (κ3) is 5.11. The number of hydrogen-bond acceptors (Lipinski definition) is 6. The van der Waals surface area contributed by atoms with Gasteiger partial charge < -0.3 is 14.5 Å². The maximum Gasteiger partial charge on any atom is 0.262 e. The summed E-state index contributed by atoms with van der Waals surface area (Å²) >= 11 is 3.98. The number of carbonyl (C=O) groups is 1. The summed E-state index contributed by atoms with van der Waals surface area (Å²) in [6.45, 7) is 0.474. The standard InChI is InChI=1S/C23H23N5O2S2/c29-22(16-30-20-7-5-17(6-8-20)23-31-10-3-11-32-23)26-18-12-24-28(14-18)15-19-13-27-9-2-1-4-21(27)25-19/h1-2,4-9,12-14,23H,3,10-11,15-16H2,(H,26,29). The van der Waals surface area contributed by atoms with Gasteiger partial charge in [-0.1, -0.05) is 18.2 Å². The predicted octanol–water partition coefficient (Wildman–Crippen LogP) is 4.47. The van der Waals surface area contributed by atoms with E-state index >= 15 is 0 Å². The van der Waals surface area contributed by atoms with Gasteiger partial charge in [-0.05, 0) is 47.8 Å². The molecule has 4 aromatic rings. The van der Waals surface area contributed by atoms with Gasteiger partial charge in [0.05, 0.1) is 28.7 Å². The molecule has 32 heavy (non-hydrogen) atoms. The molecule has 3 aromatic heterocycles. The van der Waals surface area contributed by atoms with Crippen molar-refractivity contribution in [3.8, 4) is 5.75 Å². The number of nitrogens with zero attached hydrogens (tertiary/aromatic N) is 4. The lowest BCUT2D eigenvalue weighted by molar-refractivity contribution is -0.118. The number of pyridine rings is 1.